The van der Waals surface area contributed by atoms with Gasteiger partial charge in [0.15, 0.2) is 17.3 Å². The fourth-order valence-electron chi connectivity index (χ4n) is 2.43. The second-order valence-corrected chi connectivity index (χ2v) is 4.88. The van der Waals surface area contributed by atoms with E-state index in [0.29, 0.717) is 31.5 Å². The highest BCUT2D eigenvalue weighted by Gasteiger charge is 2.24. The molecular weight excluding hydrogens is 260 g/mol. The number of hydrogen-bond donors (Lipinski definition) is 0. The zero-order chi connectivity index (χ0) is 13.4. The molecule has 1 unspecified atom stereocenters. The van der Waals surface area contributed by atoms with Crippen molar-refractivity contribution in [1.82, 2.24) is 10.1 Å². The van der Waals surface area contributed by atoms with Crippen LogP contribution in [0.4, 0.5) is 0 Å². The first kappa shape index (κ1) is 11.7. The molecule has 3 heterocycles. The van der Waals surface area contributed by atoms with Gasteiger partial charge in [0.05, 0.1) is 6.61 Å². The van der Waals surface area contributed by atoms with E-state index in [1.54, 1.807) is 0 Å². The zero-order valence-corrected chi connectivity index (χ0v) is 10.9. The minimum atomic E-state index is 0.240. The molecule has 1 aromatic heterocycles. The van der Waals surface area contributed by atoms with Crippen LogP contribution in [0.5, 0.6) is 11.5 Å². The summed E-state index contributed by atoms with van der Waals surface area (Å²) in [5.41, 5.74) is 0.840. The van der Waals surface area contributed by atoms with Gasteiger partial charge in [-0.2, -0.15) is 4.98 Å². The van der Waals surface area contributed by atoms with Crippen molar-refractivity contribution >= 4 is 0 Å². The summed E-state index contributed by atoms with van der Waals surface area (Å²) in [7, 11) is 0. The van der Waals surface area contributed by atoms with Gasteiger partial charge in [0.2, 0.25) is 0 Å². The van der Waals surface area contributed by atoms with Crippen molar-refractivity contribution < 1.29 is 18.7 Å². The molecule has 1 atom stereocenters. The van der Waals surface area contributed by atoms with Crippen molar-refractivity contribution in [2.45, 2.75) is 12.3 Å². The molecule has 4 rings (SSSR count). The van der Waals surface area contributed by atoms with Gasteiger partial charge < -0.3 is 18.7 Å². The molecule has 0 saturated carbocycles. The smallest absolute Gasteiger partial charge is 0.258 e. The average Bonchev–Trinajstić information content (AvgIpc) is 3.17. The van der Waals surface area contributed by atoms with Crippen LogP contribution in [-0.2, 0) is 4.74 Å². The standard InChI is InChI=1S/C14H14N2O4/c1-2-11-12(19-6-5-18-11)7-9(1)14-15-13(16-20-14)10-3-4-17-8-10/h1-2,7,10H,3-6,8H2. The number of ether oxygens (including phenoxy) is 3. The number of benzene rings is 1. The molecule has 0 amide bonds. The Morgan fingerprint density at radius 1 is 1.05 bits per heavy atom. The molecule has 6 heteroatoms. The van der Waals surface area contributed by atoms with Gasteiger partial charge in [-0.1, -0.05) is 5.16 Å². The van der Waals surface area contributed by atoms with Crippen molar-refractivity contribution in [3.8, 4) is 23.0 Å². The Morgan fingerprint density at radius 2 is 1.95 bits per heavy atom. The fourth-order valence-corrected chi connectivity index (χ4v) is 2.43. The highest BCUT2D eigenvalue weighted by atomic mass is 16.6. The average molecular weight is 274 g/mol. The van der Waals surface area contributed by atoms with Crippen molar-refractivity contribution in [3.05, 3.63) is 24.0 Å². The van der Waals surface area contributed by atoms with Crippen LogP contribution in [0.15, 0.2) is 22.7 Å². The number of rotatable bonds is 2. The number of hydrogen-bond acceptors (Lipinski definition) is 6. The van der Waals surface area contributed by atoms with E-state index >= 15 is 0 Å². The highest BCUT2D eigenvalue weighted by Crippen LogP contribution is 2.34. The van der Waals surface area contributed by atoms with E-state index in [0.717, 1.165) is 30.1 Å². The number of aromatic nitrogens is 2. The summed E-state index contributed by atoms with van der Waals surface area (Å²) < 4.78 is 21.7. The Hall–Kier alpha value is -2.08. The molecule has 6 nitrogen and oxygen atoms in total. The summed E-state index contributed by atoms with van der Waals surface area (Å²) in [6, 6.07) is 5.64. The molecule has 2 aliphatic rings. The van der Waals surface area contributed by atoms with Crippen molar-refractivity contribution in [3.63, 3.8) is 0 Å². The van der Waals surface area contributed by atoms with Crippen LogP contribution in [0.1, 0.15) is 18.2 Å². The van der Waals surface area contributed by atoms with E-state index in [2.05, 4.69) is 10.1 Å². The molecule has 2 aliphatic heterocycles. The molecule has 0 radical (unpaired) electrons. The van der Waals surface area contributed by atoms with Crippen molar-refractivity contribution in [1.29, 1.82) is 0 Å². The van der Waals surface area contributed by atoms with Gasteiger partial charge in [0.1, 0.15) is 13.2 Å². The van der Waals surface area contributed by atoms with E-state index in [9.17, 15) is 0 Å². The fraction of sp³-hybridized carbons (Fsp3) is 0.429. The van der Waals surface area contributed by atoms with Crippen LogP contribution in [0.2, 0.25) is 0 Å². The molecule has 1 aromatic carbocycles. The number of nitrogens with zero attached hydrogens (tertiary/aromatic N) is 2. The maximum absolute atomic E-state index is 5.56. The Balaban J connectivity index is 1.63. The van der Waals surface area contributed by atoms with Crippen LogP contribution < -0.4 is 9.47 Å². The normalized spacial score (nSPS) is 21.1. The van der Waals surface area contributed by atoms with Gasteiger partial charge in [-0.15, -0.1) is 0 Å². The van der Waals surface area contributed by atoms with Crippen molar-refractivity contribution in [2.24, 2.45) is 0 Å². The Kier molecular flexibility index (Phi) is 2.81. The first-order valence-corrected chi connectivity index (χ1v) is 6.71. The molecule has 104 valence electrons. The summed E-state index contributed by atoms with van der Waals surface area (Å²) in [6.45, 7) is 2.57. The molecule has 0 bridgehead atoms. The second-order valence-electron chi connectivity index (χ2n) is 4.88. The Bertz CT molecular complexity index is 619. The van der Waals surface area contributed by atoms with Gasteiger partial charge in [-0.3, -0.25) is 0 Å². The van der Waals surface area contributed by atoms with Gasteiger partial charge in [-0.05, 0) is 24.6 Å². The molecule has 0 spiro atoms. The first-order chi connectivity index (χ1) is 9.90. The lowest BCUT2D eigenvalue weighted by Gasteiger charge is -2.18. The van der Waals surface area contributed by atoms with E-state index in [4.69, 9.17) is 18.7 Å². The van der Waals surface area contributed by atoms with E-state index in [1.807, 2.05) is 18.2 Å². The minimum absolute atomic E-state index is 0.240. The molecule has 1 saturated heterocycles. The SMILES string of the molecule is c1cc2c(cc1-c1nc(C3CCOC3)no1)OCCO2. The lowest BCUT2D eigenvalue weighted by molar-refractivity contribution is 0.171. The largest absolute Gasteiger partial charge is 0.486 e. The number of fused-ring (bicyclic) bond motifs is 1. The first-order valence-electron chi connectivity index (χ1n) is 6.71. The summed E-state index contributed by atoms with van der Waals surface area (Å²) >= 11 is 0. The maximum Gasteiger partial charge on any atom is 0.258 e. The summed E-state index contributed by atoms with van der Waals surface area (Å²) in [6.07, 6.45) is 0.945. The Labute approximate surface area is 115 Å². The maximum atomic E-state index is 5.56. The lowest BCUT2D eigenvalue weighted by Crippen LogP contribution is -2.15. The summed E-state index contributed by atoms with van der Waals surface area (Å²) in [4.78, 5) is 4.46. The summed E-state index contributed by atoms with van der Waals surface area (Å²) in [5, 5.41) is 4.05. The summed E-state index contributed by atoms with van der Waals surface area (Å²) in [5.74, 6) is 2.93. The molecule has 20 heavy (non-hydrogen) atoms. The van der Waals surface area contributed by atoms with Crippen molar-refractivity contribution in [2.75, 3.05) is 26.4 Å². The monoisotopic (exact) mass is 274 g/mol. The minimum Gasteiger partial charge on any atom is -0.486 e. The van der Waals surface area contributed by atoms with Crippen LogP contribution in [0.3, 0.4) is 0 Å². The molecule has 0 aliphatic carbocycles. The molecule has 2 aromatic rings. The van der Waals surface area contributed by atoms with Gasteiger partial charge >= 0.3 is 0 Å². The third-order valence-corrected chi connectivity index (χ3v) is 3.53. The van der Waals surface area contributed by atoms with E-state index < -0.39 is 0 Å². The Morgan fingerprint density at radius 3 is 2.80 bits per heavy atom. The van der Waals surface area contributed by atoms with Gasteiger partial charge in [0.25, 0.3) is 5.89 Å². The molecule has 1 fully saturated rings. The zero-order valence-electron chi connectivity index (χ0n) is 10.9. The predicted octanol–water partition coefficient (Wildman–Crippen LogP) is 2.01. The third-order valence-electron chi connectivity index (χ3n) is 3.53. The van der Waals surface area contributed by atoms with E-state index in [1.165, 1.54) is 0 Å². The quantitative estimate of drug-likeness (QED) is 0.834. The highest BCUT2D eigenvalue weighted by molar-refractivity contribution is 5.60. The predicted molar refractivity (Wildman–Crippen MR) is 68.9 cm³/mol. The van der Waals surface area contributed by atoms with Crippen LogP contribution in [-0.4, -0.2) is 36.6 Å². The van der Waals surface area contributed by atoms with Crippen LogP contribution in [0, 0.1) is 0 Å². The lowest BCUT2D eigenvalue weighted by atomic mass is 10.1. The van der Waals surface area contributed by atoms with Crippen LogP contribution in [0.25, 0.3) is 11.5 Å². The van der Waals surface area contributed by atoms with E-state index in [-0.39, 0.29) is 5.92 Å². The topological polar surface area (TPSA) is 66.6 Å². The van der Waals surface area contributed by atoms with Gasteiger partial charge in [-0.25, -0.2) is 0 Å². The van der Waals surface area contributed by atoms with Gasteiger partial charge in [0, 0.05) is 18.1 Å². The second kappa shape index (κ2) is 4.79. The molecule has 0 N–H and O–H groups in total. The van der Waals surface area contributed by atoms with Crippen LogP contribution >= 0.6 is 0 Å². The molecular formula is C14H14N2O4. The third kappa shape index (κ3) is 2.02.